The topological polar surface area (TPSA) is 135 Å². The number of thioether (sulfide) groups is 1. The van der Waals surface area contributed by atoms with Crippen LogP contribution in [0.25, 0.3) is 5.69 Å². The van der Waals surface area contributed by atoms with Gasteiger partial charge in [0, 0.05) is 11.3 Å². The fourth-order valence-electron chi connectivity index (χ4n) is 4.04. The Bertz CT molecular complexity index is 1520. The van der Waals surface area contributed by atoms with Gasteiger partial charge in [0.15, 0.2) is 22.5 Å². The summed E-state index contributed by atoms with van der Waals surface area (Å²) in [5.74, 6) is 2.22. The van der Waals surface area contributed by atoms with Crippen LogP contribution in [0.4, 0.5) is 5.69 Å². The van der Waals surface area contributed by atoms with E-state index in [1.165, 1.54) is 33.1 Å². The third kappa shape index (κ3) is 6.86. The van der Waals surface area contributed by atoms with Crippen molar-refractivity contribution in [3.8, 4) is 34.4 Å². The van der Waals surface area contributed by atoms with E-state index in [2.05, 4.69) is 20.8 Å². The number of para-hydroxylation sites is 2. The van der Waals surface area contributed by atoms with Gasteiger partial charge in [0.2, 0.25) is 11.7 Å². The van der Waals surface area contributed by atoms with Crippen LogP contribution < -0.4 is 34.3 Å². The van der Waals surface area contributed by atoms with E-state index in [1.807, 2.05) is 18.2 Å². The molecule has 2 amide bonds. The van der Waals surface area contributed by atoms with Crippen LogP contribution in [0.1, 0.15) is 16.2 Å². The highest BCUT2D eigenvalue weighted by molar-refractivity contribution is 7.99. The summed E-state index contributed by atoms with van der Waals surface area (Å²) < 4.78 is 28.6. The van der Waals surface area contributed by atoms with Crippen LogP contribution in [0.15, 0.2) is 65.8 Å². The van der Waals surface area contributed by atoms with Crippen molar-refractivity contribution in [2.75, 3.05) is 46.6 Å². The summed E-state index contributed by atoms with van der Waals surface area (Å²) in [4.78, 5) is 25.9. The van der Waals surface area contributed by atoms with E-state index in [0.29, 0.717) is 56.7 Å². The van der Waals surface area contributed by atoms with Crippen molar-refractivity contribution in [2.45, 2.75) is 11.7 Å². The van der Waals surface area contributed by atoms with E-state index in [4.69, 9.17) is 23.7 Å². The molecule has 0 spiro atoms. The van der Waals surface area contributed by atoms with Crippen molar-refractivity contribution >= 4 is 29.3 Å². The van der Waals surface area contributed by atoms with E-state index in [1.54, 1.807) is 61.3 Å². The molecule has 0 unspecified atom stereocenters. The Labute approximate surface area is 247 Å². The van der Waals surface area contributed by atoms with Crippen LogP contribution in [-0.4, -0.2) is 67.9 Å². The SMILES string of the molecule is COc1ccc(NC(=O)CSc2nnc(CNC(=O)c3cc(OC)c(OC)c(OC)c3)n2-c2ccccc2OC)cc1. The minimum absolute atomic E-state index is 0.0269. The molecule has 2 N–H and O–H groups in total. The van der Waals surface area contributed by atoms with Gasteiger partial charge in [-0.1, -0.05) is 23.9 Å². The Hall–Kier alpha value is -4.91. The third-order valence-corrected chi connectivity index (χ3v) is 7.00. The molecular weight excluding hydrogens is 562 g/mol. The van der Waals surface area contributed by atoms with E-state index < -0.39 is 5.91 Å². The van der Waals surface area contributed by atoms with Gasteiger partial charge < -0.3 is 34.3 Å². The van der Waals surface area contributed by atoms with E-state index in [0.717, 1.165) is 0 Å². The average Bonchev–Trinajstić information content (AvgIpc) is 3.44. The third-order valence-electron chi connectivity index (χ3n) is 6.07. The molecule has 0 aliphatic rings. The van der Waals surface area contributed by atoms with Crippen LogP contribution >= 0.6 is 11.8 Å². The van der Waals surface area contributed by atoms with Crippen LogP contribution in [0.2, 0.25) is 0 Å². The van der Waals surface area contributed by atoms with E-state index >= 15 is 0 Å². The molecule has 12 nitrogen and oxygen atoms in total. The molecule has 0 saturated carbocycles. The molecule has 0 bridgehead atoms. The lowest BCUT2D eigenvalue weighted by atomic mass is 10.1. The van der Waals surface area contributed by atoms with Crippen LogP contribution in [0.5, 0.6) is 28.7 Å². The van der Waals surface area contributed by atoms with Gasteiger partial charge in [-0.25, -0.2) is 0 Å². The molecule has 1 heterocycles. The van der Waals surface area contributed by atoms with Crippen molar-refractivity contribution in [1.29, 1.82) is 0 Å². The maximum Gasteiger partial charge on any atom is 0.251 e. The monoisotopic (exact) mass is 593 g/mol. The van der Waals surface area contributed by atoms with Gasteiger partial charge in [-0.3, -0.25) is 14.2 Å². The lowest BCUT2D eigenvalue weighted by molar-refractivity contribution is -0.113. The summed E-state index contributed by atoms with van der Waals surface area (Å²) in [5, 5.41) is 14.8. The smallest absolute Gasteiger partial charge is 0.251 e. The van der Waals surface area contributed by atoms with E-state index in [-0.39, 0.29) is 18.2 Å². The maximum absolute atomic E-state index is 13.1. The Kier molecular flexibility index (Phi) is 10.1. The second-order valence-electron chi connectivity index (χ2n) is 8.57. The zero-order chi connectivity index (χ0) is 30.1. The first-order valence-electron chi connectivity index (χ1n) is 12.6. The summed E-state index contributed by atoms with van der Waals surface area (Å²) in [6.07, 6.45) is 0. The van der Waals surface area contributed by atoms with Crippen molar-refractivity contribution < 1.29 is 33.3 Å². The molecule has 0 radical (unpaired) electrons. The quantitative estimate of drug-likeness (QED) is 0.219. The predicted molar refractivity (Wildman–Crippen MR) is 158 cm³/mol. The summed E-state index contributed by atoms with van der Waals surface area (Å²) >= 11 is 1.20. The standard InChI is InChI=1S/C29H31N5O7S/c1-37-20-12-10-19(11-13-20)31-26(35)17-42-29-33-32-25(34(29)21-8-6-7-9-22(21)38-2)16-30-28(36)18-14-23(39-3)27(41-5)24(15-18)40-4/h6-15H,16-17H2,1-5H3,(H,30,36)(H,31,35). The summed E-state index contributed by atoms with van der Waals surface area (Å²) in [7, 11) is 7.58. The predicted octanol–water partition coefficient (Wildman–Crippen LogP) is 3.97. The number of ether oxygens (including phenoxy) is 5. The molecule has 0 saturated heterocycles. The van der Waals surface area contributed by atoms with Gasteiger partial charge in [-0.2, -0.15) is 0 Å². The lowest BCUT2D eigenvalue weighted by Crippen LogP contribution is -2.25. The van der Waals surface area contributed by atoms with Crippen molar-refractivity contribution in [3.05, 3.63) is 72.1 Å². The minimum Gasteiger partial charge on any atom is -0.497 e. The second kappa shape index (κ2) is 14.1. The van der Waals surface area contributed by atoms with Crippen LogP contribution in [-0.2, 0) is 11.3 Å². The first-order chi connectivity index (χ1) is 20.4. The molecule has 0 atom stereocenters. The number of methoxy groups -OCH3 is 5. The number of nitrogens with one attached hydrogen (secondary N) is 2. The zero-order valence-electron chi connectivity index (χ0n) is 23.8. The van der Waals surface area contributed by atoms with Gasteiger partial charge in [-0.05, 0) is 48.5 Å². The molecule has 0 aliphatic carbocycles. The second-order valence-corrected chi connectivity index (χ2v) is 9.51. The Balaban J connectivity index is 1.55. The average molecular weight is 594 g/mol. The molecule has 4 aromatic rings. The number of rotatable bonds is 13. The molecule has 220 valence electrons. The molecule has 0 fully saturated rings. The van der Waals surface area contributed by atoms with Gasteiger partial charge >= 0.3 is 0 Å². The number of carbonyl (C=O) groups excluding carboxylic acids is 2. The molecule has 0 aliphatic heterocycles. The van der Waals surface area contributed by atoms with Gasteiger partial charge in [0.05, 0.1) is 53.5 Å². The summed E-state index contributed by atoms with van der Waals surface area (Å²) in [6.45, 7) is 0.0269. The van der Waals surface area contributed by atoms with Crippen LogP contribution in [0, 0.1) is 0 Å². The van der Waals surface area contributed by atoms with Crippen LogP contribution in [0.3, 0.4) is 0 Å². The maximum atomic E-state index is 13.1. The number of nitrogens with zero attached hydrogens (tertiary/aromatic N) is 3. The Morgan fingerprint density at radius 1 is 0.810 bits per heavy atom. The van der Waals surface area contributed by atoms with Crippen molar-refractivity contribution in [1.82, 2.24) is 20.1 Å². The number of anilines is 1. The molecule has 3 aromatic carbocycles. The fraction of sp³-hybridized carbons (Fsp3) is 0.241. The lowest BCUT2D eigenvalue weighted by Gasteiger charge is -2.15. The number of benzene rings is 3. The molecule has 1 aromatic heterocycles. The van der Waals surface area contributed by atoms with Gasteiger partial charge in [-0.15, -0.1) is 10.2 Å². The number of carbonyl (C=O) groups is 2. The first kappa shape index (κ1) is 30.1. The summed E-state index contributed by atoms with van der Waals surface area (Å²) in [5.41, 5.74) is 1.60. The van der Waals surface area contributed by atoms with Crippen molar-refractivity contribution in [3.63, 3.8) is 0 Å². The summed E-state index contributed by atoms with van der Waals surface area (Å²) in [6, 6.07) is 17.5. The number of aromatic nitrogens is 3. The highest BCUT2D eigenvalue weighted by Crippen LogP contribution is 2.38. The van der Waals surface area contributed by atoms with Gasteiger partial charge in [0.1, 0.15) is 11.5 Å². The molecule has 42 heavy (non-hydrogen) atoms. The Morgan fingerprint density at radius 3 is 2.10 bits per heavy atom. The minimum atomic E-state index is -0.392. The highest BCUT2D eigenvalue weighted by atomic mass is 32.2. The Morgan fingerprint density at radius 2 is 1.48 bits per heavy atom. The normalized spacial score (nSPS) is 10.5. The molecule has 13 heteroatoms. The van der Waals surface area contributed by atoms with Crippen molar-refractivity contribution in [2.24, 2.45) is 0 Å². The van der Waals surface area contributed by atoms with Gasteiger partial charge in [0.25, 0.3) is 5.91 Å². The van der Waals surface area contributed by atoms with E-state index in [9.17, 15) is 9.59 Å². The zero-order valence-corrected chi connectivity index (χ0v) is 24.6. The fourth-order valence-corrected chi connectivity index (χ4v) is 4.80. The highest BCUT2D eigenvalue weighted by Gasteiger charge is 2.21. The first-order valence-corrected chi connectivity index (χ1v) is 13.6. The number of amides is 2. The molecular formula is C29H31N5O7S. The number of hydrogen-bond donors (Lipinski definition) is 2. The largest absolute Gasteiger partial charge is 0.497 e. The molecule has 4 rings (SSSR count). The number of hydrogen-bond acceptors (Lipinski definition) is 10.